The molecule has 0 bridgehead atoms. The predicted molar refractivity (Wildman–Crippen MR) is 100 cm³/mol. The second-order valence-corrected chi connectivity index (χ2v) is 6.93. The third-order valence-electron chi connectivity index (χ3n) is 5.30. The smallest absolute Gasteiger partial charge is 0.414 e. The topological polar surface area (TPSA) is 70.1 Å². The van der Waals surface area contributed by atoms with E-state index in [1.807, 2.05) is 29.2 Å². The second kappa shape index (κ2) is 7.40. The molecule has 0 aromatic heterocycles. The highest BCUT2D eigenvalue weighted by molar-refractivity contribution is 5.94. The number of aliphatic hydroxyl groups is 1. The summed E-state index contributed by atoms with van der Waals surface area (Å²) in [5.74, 6) is -0.0143. The van der Waals surface area contributed by atoms with Crippen molar-refractivity contribution in [1.29, 1.82) is 0 Å². The number of para-hydroxylation sites is 1. The number of carbonyl (C=O) groups is 2. The average molecular weight is 366 g/mol. The van der Waals surface area contributed by atoms with Crippen molar-refractivity contribution >= 4 is 17.7 Å². The minimum Gasteiger partial charge on any atom is -0.444 e. The molecular formula is C21H22N2O4. The fourth-order valence-electron chi connectivity index (χ4n) is 3.78. The summed E-state index contributed by atoms with van der Waals surface area (Å²) >= 11 is 0. The van der Waals surface area contributed by atoms with Crippen LogP contribution >= 0.6 is 0 Å². The molecule has 2 amide bonds. The molecule has 1 N–H and O–H groups in total. The first-order chi connectivity index (χ1) is 13.2. The number of amides is 2. The molecule has 2 aromatic carbocycles. The minimum atomic E-state index is -0.307. The third kappa shape index (κ3) is 3.40. The van der Waals surface area contributed by atoms with Gasteiger partial charge in [-0.2, -0.15) is 0 Å². The molecular weight excluding hydrogens is 344 g/mol. The van der Waals surface area contributed by atoms with Crippen LogP contribution < -0.4 is 4.90 Å². The van der Waals surface area contributed by atoms with Crippen LogP contribution in [0.25, 0.3) is 0 Å². The Hall–Kier alpha value is -2.86. The van der Waals surface area contributed by atoms with Gasteiger partial charge in [-0.3, -0.25) is 9.69 Å². The summed E-state index contributed by atoms with van der Waals surface area (Å²) in [5.41, 5.74) is 3.33. The van der Waals surface area contributed by atoms with Gasteiger partial charge in [0, 0.05) is 30.3 Å². The lowest BCUT2D eigenvalue weighted by atomic mass is 10.00. The number of hydrogen-bond acceptors (Lipinski definition) is 4. The van der Waals surface area contributed by atoms with Crippen molar-refractivity contribution < 1.29 is 19.4 Å². The Morgan fingerprint density at radius 2 is 1.78 bits per heavy atom. The molecule has 0 unspecified atom stereocenters. The number of ether oxygens (including phenoxy) is 1. The van der Waals surface area contributed by atoms with E-state index in [1.165, 1.54) is 0 Å². The molecule has 0 radical (unpaired) electrons. The van der Waals surface area contributed by atoms with Crippen LogP contribution in [0, 0.1) is 0 Å². The van der Waals surface area contributed by atoms with Crippen LogP contribution in [-0.4, -0.2) is 41.1 Å². The summed E-state index contributed by atoms with van der Waals surface area (Å²) in [5, 5.41) is 9.12. The lowest BCUT2D eigenvalue weighted by molar-refractivity contribution is 0.0708. The predicted octanol–water partition coefficient (Wildman–Crippen LogP) is 2.94. The molecule has 0 spiro atoms. The van der Waals surface area contributed by atoms with E-state index in [0.717, 1.165) is 16.8 Å². The first-order valence-electron chi connectivity index (χ1n) is 9.20. The number of anilines is 1. The highest BCUT2D eigenvalue weighted by Crippen LogP contribution is 2.32. The van der Waals surface area contributed by atoms with Gasteiger partial charge in [0.05, 0.1) is 12.3 Å². The summed E-state index contributed by atoms with van der Waals surface area (Å²) < 4.78 is 5.32. The van der Waals surface area contributed by atoms with Gasteiger partial charge in [-0.05, 0) is 36.6 Å². The van der Waals surface area contributed by atoms with Gasteiger partial charge in [0.1, 0.15) is 6.61 Å². The van der Waals surface area contributed by atoms with Gasteiger partial charge in [0.25, 0.3) is 5.91 Å². The number of cyclic esters (lactones) is 1. The molecule has 2 heterocycles. The van der Waals surface area contributed by atoms with E-state index in [2.05, 4.69) is 0 Å². The number of nitrogens with zero attached hydrogens (tertiary/aromatic N) is 2. The van der Waals surface area contributed by atoms with Gasteiger partial charge in [0.15, 0.2) is 0 Å². The molecule has 1 fully saturated rings. The zero-order chi connectivity index (χ0) is 18.8. The van der Waals surface area contributed by atoms with Crippen molar-refractivity contribution in [1.82, 2.24) is 4.90 Å². The summed E-state index contributed by atoms with van der Waals surface area (Å²) in [6.07, 6.45) is 1.12. The molecule has 0 aliphatic carbocycles. The van der Waals surface area contributed by atoms with Crippen LogP contribution in [0.15, 0.2) is 48.5 Å². The summed E-state index contributed by atoms with van der Waals surface area (Å²) in [6, 6.07) is 14.9. The van der Waals surface area contributed by atoms with Crippen molar-refractivity contribution in [2.75, 3.05) is 18.0 Å². The normalized spacial score (nSPS) is 17.4. The molecule has 2 aliphatic heterocycles. The van der Waals surface area contributed by atoms with E-state index in [9.17, 15) is 9.59 Å². The van der Waals surface area contributed by atoms with Crippen LogP contribution in [-0.2, 0) is 18.0 Å². The summed E-state index contributed by atoms with van der Waals surface area (Å²) in [7, 11) is 0. The maximum Gasteiger partial charge on any atom is 0.414 e. The SMILES string of the molecule is O=C(c1ccc(CO)cc1)N1CCC(N2C(=O)OCc3ccccc32)CC1. The van der Waals surface area contributed by atoms with E-state index in [0.29, 0.717) is 38.1 Å². The molecule has 2 aliphatic rings. The van der Waals surface area contributed by atoms with Crippen molar-refractivity contribution in [3.05, 3.63) is 65.2 Å². The van der Waals surface area contributed by atoms with E-state index >= 15 is 0 Å². The molecule has 0 saturated carbocycles. The zero-order valence-corrected chi connectivity index (χ0v) is 15.0. The van der Waals surface area contributed by atoms with Gasteiger partial charge >= 0.3 is 6.09 Å². The largest absolute Gasteiger partial charge is 0.444 e. The van der Waals surface area contributed by atoms with Crippen LogP contribution in [0.2, 0.25) is 0 Å². The Morgan fingerprint density at radius 3 is 2.48 bits per heavy atom. The highest BCUT2D eigenvalue weighted by Gasteiger charge is 2.35. The van der Waals surface area contributed by atoms with Crippen LogP contribution in [0.4, 0.5) is 10.5 Å². The van der Waals surface area contributed by atoms with Gasteiger partial charge in [-0.15, -0.1) is 0 Å². The molecule has 0 atom stereocenters. The number of hydrogen-bond donors (Lipinski definition) is 1. The molecule has 27 heavy (non-hydrogen) atoms. The Morgan fingerprint density at radius 1 is 1.07 bits per heavy atom. The number of piperidine rings is 1. The minimum absolute atomic E-state index is 0.0143. The Balaban J connectivity index is 1.44. The summed E-state index contributed by atoms with van der Waals surface area (Å²) in [4.78, 5) is 28.6. The van der Waals surface area contributed by atoms with E-state index in [1.54, 1.807) is 29.2 Å². The standard InChI is InChI=1S/C21H22N2O4/c24-13-15-5-7-16(8-6-15)20(25)22-11-9-18(10-12-22)23-19-4-2-1-3-17(19)14-27-21(23)26/h1-8,18,24H,9-14H2. The fraction of sp³-hybridized carbons (Fsp3) is 0.333. The van der Waals surface area contributed by atoms with Gasteiger partial charge in [-0.1, -0.05) is 30.3 Å². The Kier molecular flexibility index (Phi) is 4.81. The number of rotatable bonds is 3. The number of carbonyl (C=O) groups excluding carboxylic acids is 2. The van der Waals surface area contributed by atoms with Gasteiger partial charge < -0.3 is 14.7 Å². The van der Waals surface area contributed by atoms with Crippen molar-refractivity contribution in [3.63, 3.8) is 0 Å². The van der Waals surface area contributed by atoms with E-state index in [-0.39, 0.29) is 24.6 Å². The number of benzene rings is 2. The average Bonchev–Trinajstić information content (AvgIpc) is 2.73. The van der Waals surface area contributed by atoms with E-state index in [4.69, 9.17) is 9.84 Å². The van der Waals surface area contributed by atoms with E-state index < -0.39 is 0 Å². The summed E-state index contributed by atoms with van der Waals surface area (Å²) in [6.45, 7) is 1.47. The van der Waals surface area contributed by atoms with Crippen LogP contribution in [0.1, 0.15) is 34.3 Å². The monoisotopic (exact) mass is 366 g/mol. The zero-order valence-electron chi connectivity index (χ0n) is 15.0. The quantitative estimate of drug-likeness (QED) is 0.907. The fourth-order valence-corrected chi connectivity index (χ4v) is 3.78. The molecule has 6 heteroatoms. The van der Waals surface area contributed by atoms with Crippen molar-refractivity contribution in [2.45, 2.75) is 32.1 Å². The van der Waals surface area contributed by atoms with Gasteiger partial charge in [-0.25, -0.2) is 4.79 Å². The van der Waals surface area contributed by atoms with Crippen LogP contribution in [0.3, 0.4) is 0 Å². The van der Waals surface area contributed by atoms with Crippen molar-refractivity contribution in [3.8, 4) is 0 Å². The maximum atomic E-state index is 12.7. The molecule has 2 aromatic rings. The maximum absolute atomic E-state index is 12.7. The molecule has 1 saturated heterocycles. The Bertz CT molecular complexity index is 842. The van der Waals surface area contributed by atoms with Gasteiger partial charge in [0.2, 0.25) is 0 Å². The number of fused-ring (bicyclic) bond motifs is 1. The highest BCUT2D eigenvalue weighted by atomic mass is 16.6. The van der Waals surface area contributed by atoms with Crippen molar-refractivity contribution in [2.24, 2.45) is 0 Å². The molecule has 4 rings (SSSR count). The molecule has 140 valence electrons. The number of likely N-dealkylation sites (tertiary alicyclic amines) is 1. The lowest BCUT2D eigenvalue weighted by Gasteiger charge is -2.40. The van der Waals surface area contributed by atoms with Crippen LogP contribution in [0.5, 0.6) is 0 Å². The Labute approximate surface area is 158 Å². The number of aliphatic hydroxyl groups excluding tert-OH is 1. The molecule has 6 nitrogen and oxygen atoms in total. The first-order valence-corrected chi connectivity index (χ1v) is 9.20. The lowest BCUT2D eigenvalue weighted by Crippen LogP contribution is -2.50. The second-order valence-electron chi connectivity index (χ2n) is 6.93. The third-order valence-corrected chi connectivity index (χ3v) is 5.30. The first kappa shape index (κ1) is 17.5.